The fraction of sp³-hybridized carbons (Fsp3) is 0.350. The lowest BCUT2D eigenvalue weighted by Gasteiger charge is -2.19. The minimum atomic E-state index is -0.347. The summed E-state index contributed by atoms with van der Waals surface area (Å²) in [5.74, 6) is 0.717. The lowest BCUT2D eigenvalue weighted by Crippen LogP contribution is -2.39. The molecule has 2 aromatic heterocycles. The maximum absolute atomic E-state index is 13.0. The van der Waals surface area contributed by atoms with Gasteiger partial charge >= 0.3 is 5.69 Å². The fourth-order valence-corrected chi connectivity index (χ4v) is 3.69. The van der Waals surface area contributed by atoms with Crippen molar-refractivity contribution in [3.05, 3.63) is 62.3 Å². The Hall–Kier alpha value is -3.09. The van der Waals surface area contributed by atoms with Gasteiger partial charge in [-0.15, -0.1) is 0 Å². The second-order valence-corrected chi connectivity index (χ2v) is 7.00. The molecule has 0 atom stereocenters. The zero-order valence-corrected chi connectivity index (χ0v) is 16.1. The van der Waals surface area contributed by atoms with E-state index in [1.165, 1.54) is 14.7 Å². The first-order chi connectivity index (χ1) is 12.9. The van der Waals surface area contributed by atoms with Crippen LogP contribution in [0.3, 0.4) is 0 Å². The Morgan fingerprint density at radius 2 is 1.96 bits per heavy atom. The van der Waals surface area contributed by atoms with Crippen molar-refractivity contribution in [3.63, 3.8) is 0 Å². The smallest absolute Gasteiger partial charge is 0.310 e. The van der Waals surface area contributed by atoms with Crippen LogP contribution in [0.15, 0.2) is 39.9 Å². The van der Waals surface area contributed by atoms with E-state index in [1.54, 1.807) is 13.1 Å². The summed E-state index contributed by atoms with van der Waals surface area (Å²) in [7, 11) is 1.67. The van der Waals surface area contributed by atoms with Crippen LogP contribution in [0, 0.1) is 13.8 Å². The fourth-order valence-electron chi connectivity index (χ4n) is 3.69. The van der Waals surface area contributed by atoms with E-state index in [2.05, 4.69) is 41.9 Å². The van der Waals surface area contributed by atoms with Gasteiger partial charge in [0.2, 0.25) is 5.95 Å². The zero-order valence-electron chi connectivity index (χ0n) is 16.1. The van der Waals surface area contributed by atoms with Crippen LogP contribution < -0.4 is 16.1 Å². The molecule has 1 aliphatic heterocycles. The first kappa shape index (κ1) is 17.3. The van der Waals surface area contributed by atoms with Crippen LogP contribution in [0.2, 0.25) is 0 Å². The number of benzene rings is 1. The topological polar surface area (TPSA) is 65.1 Å². The molecular formula is C20H23N5O2. The van der Waals surface area contributed by atoms with E-state index in [0.29, 0.717) is 17.7 Å². The molecule has 3 aromatic rings. The van der Waals surface area contributed by atoms with Crippen molar-refractivity contribution < 1.29 is 0 Å². The van der Waals surface area contributed by atoms with Crippen LogP contribution in [-0.2, 0) is 20.1 Å². The number of hydrogen-bond acceptors (Lipinski definition) is 4. The maximum Gasteiger partial charge on any atom is 0.332 e. The molecular weight excluding hydrogens is 342 g/mol. The summed E-state index contributed by atoms with van der Waals surface area (Å²) in [4.78, 5) is 32.5. The monoisotopic (exact) mass is 365 g/mol. The van der Waals surface area contributed by atoms with E-state index in [4.69, 9.17) is 0 Å². The van der Waals surface area contributed by atoms with Crippen molar-refractivity contribution in [2.24, 2.45) is 7.05 Å². The molecule has 0 bridgehead atoms. The predicted octanol–water partition coefficient (Wildman–Crippen LogP) is 2.24. The molecule has 0 saturated carbocycles. The van der Waals surface area contributed by atoms with Crippen LogP contribution in [0.4, 0.5) is 11.6 Å². The molecule has 0 aliphatic carbocycles. The second-order valence-electron chi connectivity index (χ2n) is 7.00. The third-order valence-electron chi connectivity index (χ3n) is 5.18. The van der Waals surface area contributed by atoms with Crippen molar-refractivity contribution in [1.82, 2.24) is 18.7 Å². The van der Waals surface area contributed by atoms with Gasteiger partial charge in [-0.25, -0.2) is 4.79 Å². The average Bonchev–Trinajstić information content (AvgIpc) is 3.21. The van der Waals surface area contributed by atoms with Crippen LogP contribution >= 0.6 is 0 Å². The highest BCUT2D eigenvalue weighted by atomic mass is 16.2. The van der Waals surface area contributed by atoms with E-state index in [0.717, 1.165) is 23.7 Å². The lowest BCUT2D eigenvalue weighted by atomic mass is 10.1. The minimum absolute atomic E-state index is 0.263. The van der Waals surface area contributed by atoms with Gasteiger partial charge in [0.25, 0.3) is 5.56 Å². The molecule has 3 heterocycles. The molecule has 0 unspecified atom stereocenters. The minimum Gasteiger partial charge on any atom is -0.310 e. The SMILES string of the molecule is C/C=C\Cn1c(=O)c2c(nc3n2CCN3c2cc(C)ccc2C)n(C)c1=O. The lowest BCUT2D eigenvalue weighted by molar-refractivity contribution is 0.661. The van der Waals surface area contributed by atoms with E-state index < -0.39 is 0 Å². The highest BCUT2D eigenvalue weighted by Crippen LogP contribution is 2.33. The van der Waals surface area contributed by atoms with Crippen LogP contribution in [0.25, 0.3) is 11.2 Å². The number of aryl methyl sites for hydroxylation is 3. The molecule has 0 spiro atoms. The summed E-state index contributed by atoms with van der Waals surface area (Å²) < 4.78 is 4.66. The summed E-state index contributed by atoms with van der Waals surface area (Å²) in [5, 5.41) is 0. The molecule has 0 N–H and O–H groups in total. The van der Waals surface area contributed by atoms with Crippen molar-refractivity contribution >= 4 is 22.8 Å². The van der Waals surface area contributed by atoms with Gasteiger partial charge in [-0.3, -0.25) is 13.9 Å². The Bertz CT molecular complexity index is 1200. The summed E-state index contributed by atoms with van der Waals surface area (Å²) in [6.07, 6.45) is 3.64. The summed E-state index contributed by atoms with van der Waals surface area (Å²) in [6, 6.07) is 6.31. The van der Waals surface area contributed by atoms with E-state index in [9.17, 15) is 9.59 Å². The first-order valence-electron chi connectivity index (χ1n) is 9.10. The number of imidazole rings is 1. The quantitative estimate of drug-likeness (QED) is 0.668. The van der Waals surface area contributed by atoms with Gasteiger partial charge in [-0.1, -0.05) is 24.3 Å². The average molecular weight is 365 g/mol. The largest absolute Gasteiger partial charge is 0.332 e. The van der Waals surface area contributed by atoms with Crippen molar-refractivity contribution in [2.45, 2.75) is 33.9 Å². The third-order valence-corrected chi connectivity index (χ3v) is 5.18. The zero-order chi connectivity index (χ0) is 19.3. The van der Waals surface area contributed by atoms with Crippen LogP contribution in [0.1, 0.15) is 18.1 Å². The summed E-state index contributed by atoms with van der Waals surface area (Å²) >= 11 is 0. The highest BCUT2D eigenvalue weighted by molar-refractivity contribution is 5.78. The van der Waals surface area contributed by atoms with Gasteiger partial charge in [0, 0.05) is 32.4 Å². The number of rotatable bonds is 3. The molecule has 0 fully saturated rings. The standard InChI is InChI=1S/C20H23N5O2/c1-5-6-9-25-18(26)16-17(22(4)20(25)27)21-19-23(10-11-24(16)19)15-12-13(2)7-8-14(15)3/h5-8,12H,9-11H2,1-4H3/b6-5-. The first-order valence-corrected chi connectivity index (χ1v) is 9.10. The van der Waals surface area contributed by atoms with Gasteiger partial charge < -0.3 is 9.47 Å². The maximum atomic E-state index is 13.0. The molecule has 4 rings (SSSR count). The Morgan fingerprint density at radius 1 is 1.19 bits per heavy atom. The Morgan fingerprint density at radius 3 is 2.70 bits per heavy atom. The Labute approximate surface area is 156 Å². The number of nitrogens with zero attached hydrogens (tertiary/aromatic N) is 5. The van der Waals surface area contributed by atoms with Gasteiger partial charge in [0.15, 0.2) is 11.2 Å². The van der Waals surface area contributed by atoms with E-state index in [-0.39, 0.29) is 17.8 Å². The van der Waals surface area contributed by atoms with Crippen molar-refractivity contribution in [3.8, 4) is 0 Å². The molecule has 27 heavy (non-hydrogen) atoms. The Kier molecular flexibility index (Phi) is 4.02. The summed E-state index contributed by atoms with van der Waals surface area (Å²) in [5.41, 5.74) is 3.71. The Balaban J connectivity index is 1.97. The number of anilines is 2. The molecule has 0 radical (unpaired) electrons. The predicted molar refractivity (Wildman–Crippen MR) is 107 cm³/mol. The van der Waals surface area contributed by atoms with E-state index >= 15 is 0 Å². The van der Waals surface area contributed by atoms with Crippen LogP contribution in [-0.4, -0.2) is 25.2 Å². The molecule has 0 saturated heterocycles. The third kappa shape index (κ3) is 2.53. The normalized spacial score (nSPS) is 13.9. The number of allylic oxidation sites excluding steroid dienone is 2. The number of aromatic nitrogens is 4. The van der Waals surface area contributed by atoms with Gasteiger partial charge in [-0.2, -0.15) is 4.98 Å². The number of fused-ring (bicyclic) bond motifs is 3. The highest BCUT2D eigenvalue weighted by Gasteiger charge is 2.29. The van der Waals surface area contributed by atoms with Crippen molar-refractivity contribution in [2.75, 3.05) is 11.4 Å². The summed E-state index contributed by atoms with van der Waals surface area (Å²) in [6.45, 7) is 7.67. The van der Waals surface area contributed by atoms with Crippen molar-refractivity contribution in [1.29, 1.82) is 0 Å². The second kappa shape index (κ2) is 6.26. The molecule has 0 amide bonds. The molecule has 7 nitrogen and oxygen atoms in total. The van der Waals surface area contributed by atoms with Gasteiger partial charge in [-0.05, 0) is 38.0 Å². The van der Waals surface area contributed by atoms with Gasteiger partial charge in [0.1, 0.15) is 0 Å². The van der Waals surface area contributed by atoms with Gasteiger partial charge in [0.05, 0.1) is 0 Å². The van der Waals surface area contributed by atoms with E-state index in [1.807, 2.05) is 17.6 Å². The molecule has 140 valence electrons. The molecule has 7 heteroatoms. The molecule has 1 aromatic carbocycles. The number of hydrogen-bond donors (Lipinski definition) is 0. The molecule has 1 aliphatic rings. The van der Waals surface area contributed by atoms with Crippen LogP contribution in [0.5, 0.6) is 0 Å².